The Morgan fingerprint density at radius 1 is 0.862 bits per heavy atom. The Morgan fingerprint density at radius 3 is 2.24 bits per heavy atom. The quantitative estimate of drug-likeness (QED) is 0.540. The zero-order valence-corrected chi connectivity index (χ0v) is 14.5. The molecule has 0 unspecified atom stereocenters. The highest BCUT2D eigenvalue weighted by atomic mass is 19.4. The normalized spacial score (nSPS) is 15.1. The van der Waals surface area contributed by atoms with Gasteiger partial charge in [-0.2, -0.15) is 31.4 Å². The Hall–Kier alpha value is -3.30. The van der Waals surface area contributed by atoms with E-state index in [0.29, 0.717) is 17.1 Å². The number of rotatable bonds is 2. The Bertz CT molecular complexity index is 1110. The highest BCUT2D eigenvalue weighted by Crippen LogP contribution is 2.34. The molecular weight excluding hydrogens is 398 g/mol. The number of benzene rings is 1. The lowest BCUT2D eigenvalue weighted by Gasteiger charge is -2.28. The summed E-state index contributed by atoms with van der Waals surface area (Å²) in [5, 5.41) is 3.66. The Labute approximate surface area is 160 Å². The van der Waals surface area contributed by atoms with Crippen molar-refractivity contribution in [2.75, 3.05) is 11.4 Å². The smallest absolute Gasteiger partial charge is 0.333 e. The lowest BCUT2D eigenvalue weighted by Crippen LogP contribution is -2.27. The van der Waals surface area contributed by atoms with Crippen LogP contribution in [-0.2, 0) is 12.4 Å². The average molecular weight is 410 g/mol. The minimum atomic E-state index is -4.60. The molecule has 29 heavy (non-hydrogen) atoms. The Balaban J connectivity index is 1.78. The Morgan fingerprint density at radius 2 is 1.59 bits per heavy atom. The van der Waals surface area contributed by atoms with Crippen LogP contribution in [0.5, 0.6) is 0 Å². The van der Waals surface area contributed by atoms with Gasteiger partial charge in [0.1, 0.15) is 0 Å². The molecule has 1 aliphatic heterocycles. The van der Waals surface area contributed by atoms with Crippen LogP contribution in [0.25, 0.3) is 11.2 Å². The first-order chi connectivity index (χ1) is 13.6. The van der Waals surface area contributed by atoms with Crippen molar-refractivity contribution in [1.82, 2.24) is 9.61 Å². The third-order valence-electron chi connectivity index (χ3n) is 4.40. The molecular formula is C19H12F6N4. The van der Waals surface area contributed by atoms with Crippen LogP contribution >= 0.6 is 0 Å². The van der Waals surface area contributed by atoms with Crippen molar-refractivity contribution in [1.29, 1.82) is 0 Å². The molecule has 0 bridgehead atoms. The largest absolute Gasteiger partial charge is 0.435 e. The summed E-state index contributed by atoms with van der Waals surface area (Å²) in [6, 6.07) is 10.1. The van der Waals surface area contributed by atoms with Gasteiger partial charge >= 0.3 is 12.4 Å². The number of anilines is 1. The number of hydrogen-bond donors (Lipinski definition) is 0. The van der Waals surface area contributed by atoms with E-state index in [1.165, 1.54) is 24.4 Å². The number of pyridine rings is 1. The monoisotopic (exact) mass is 410 g/mol. The predicted molar refractivity (Wildman–Crippen MR) is 95.5 cm³/mol. The van der Waals surface area contributed by atoms with Crippen LogP contribution in [0.1, 0.15) is 17.0 Å². The number of nitrogens with zero attached hydrogens (tertiary/aromatic N) is 4. The van der Waals surface area contributed by atoms with Crippen LogP contribution in [0.3, 0.4) is 0 Å². The number of aromatic nitrogens is 2. The van der Waals surface area contributed by atoms with Crippen molar-refractivity contribution >= 4 is 23.1 Å². The molecule has 0 saturated carbocycles. The van der Waals surface area contributed by atoms with Crippen molar-refractivity contribution < 1.29 is 26.3 Å². The van der Waals surface area contributed by atoms with Crippen LogP contribution in [-0.4, -0.2) is 22.4 Å². The summed E-state index contributed by atoms with van der Waals surface area (Å²) >= 11 is 0. The van der Waals surface area contributed by atoms with E-state index in [9.17, 15) is 26.3 Å². The van der Waals surface area contributed by atoms with Gasteiger partial charge < -0.3 is 4.90 Å². The fourth-order valence-electron chi connectivity index (χ4n) is 3.05. The van der Waals surface area contributed by atoms with Gasteiger partial charge in [-0.05, 0) is 42.5 Å². The standard InChI is InChI=1S/C19H12F6N4/c20-18(21,22)12-4-6-13(7-5-12)28-9-8-26-11-16(28)15-3-1-2-14-10-17(19(23,24)25)27-29(14)15/h1-8,10-11H,9H2. The first-order valence-corrected chi connectivity index (χ1v) is 8.37. The highest BCUT2D eigenvalue weighted by molar-refractivity contribution is 5.86. The summed E-state index contributed by atoms with van der Waals surface area (Å²) < 4.78 is 78.8. The molecule has 0 amide bonds. The molecule has 1 aliphatic rings. The summed E-state index contributed by atoms with van der Waals surface area (Å²) in [4.78, 5) is 5.71. The van der Waals surface area contributed by atoms with Gasteiger partial charge in [0.2, 0.25) is 0 Å². The van der Waals surface area contributed by atoms with Crippen LogP contribution in [0.15, 0.2) is 59.7 Å². The maximum atomic E-state index is 13.1. The second-order valence-corrected chi connectivity index (χ2v) is 6.28. The lowest BCUT2D eigenvalue weighted by molar-refractivity contribution is -0.141. The molecule has 4 rings (SSSR count). The van der Waals surface area contributed by atoms with Gasteiger partial charge in [-0.1, -0.05) is 6.07 Å². The molecule has 0 spiro atoms. The van der Waals surface area contributed by atoms with Crippen molar-refractivity contribution in [2.45, 2.75) is 12.4 Å². The second kappa shape index (κ2) is 6.64. The predicted octanol–water partition coefficient (Wildman–Crippen LogP) is 5.26. The number of halogens is 6. The average Bonchev–Trinajstić information content (AvgIpc) is 3.12. The molecule has 4 nitrogen and oxygen atoms in total. The van der Waals surface area contributed by atoms with Gasteiger partial charge in [0.05, 0.1) is 35.2 Å². The number of fused-ring (bicyclic) bond motifs is 1. The zero-order valence-electron chi connectivity index (χ0n) is 14.5. The molecule has 0 saturated heterocycles. The minimum absolute atomic E-state index is 0.234. The number of alkyl halides is 6. The second-order valence-electron chi connectivity index (χ2n) is 6.28. The SMILES string of the molecule is FC(F)(F)c1ccc(N2CC=NC=C2c2cccc3cc(C(F)(F)F)nn23)cc1. The van der Waals surface area contributed by atoms with Crippen LogP contribution in [0.4, 0.5) is 32.0 Å². The Kier molecular flexibility index (Phi) is 4.36. The number of hydrogen-bond acceptors (Lipinski definition) is 3. The number of aliphatic imine (C=N–C) groups is 1. The summed E-state index contributed by atoms with van der Waals surface area (Å²) in [5.74, 6) is 0. The topological polar surface area (TPSA) is 32.9 Å². The van der Waals surface area contributed by atoms with Crippen LogP contribution < -0.4 is 4.90 Å². The van der Waals surface area contributed by atoms with E-state index >= 15 is 0 Å². The minimum Gasteiger partial charge on any atom is -0.333 e. The van der Waals surface area contributed by atoms with Gasteiger partial charge in [-0.25, -0.2) is 4.52 Å². The van der Waals surface area contributed by atoms with Crippen molar-refractivity contribution in [2.24, 2.45) is 4.99 Å². The van der Waals surface area contributed by atoms with E-state index in [0.717, 1.165) is 22.7 Å². The van der Waals surface area contributed by atoms with Gasteiger partial charge in [0, 0.05) is 11.9 Å². The molecule has 150 valence electrons. The van der Waals surface area contributed by atoms with Gasteiger partial charge in [-0.15, -0.1) is 0 Å². The maximum Gasteiger partial charge on any atom is 0.435 e. The first-order valence-electron chi connectivity index (χ1n) is 8.37. The third kappa shape index (κ3) is 3.57. The van der Waals surface area contributed by atoms with Crippen LogP contribution in [0.2, 0.25) is 0 Å². The molecule has 3 heterocycles. The van der Waals surface area contributed by atoms with Gasteiger partial charge in [0.15, 0.2) is 5.69 Å². The first kappa shape index (κ1) is 19.0. The molecule has 0 radical (unpaired) electrons. The zero-order chi connectivity index (χ0) is 20.8. The fraction of sp³-hybridized carbons (Fsp3) is 0.158. The maximum absolute atomic E-state index is 13.1. The van der Waals surface area contributed by atoms with Gasteiger partial charge in [0.25, 0.3) is 0 Å². The van der Waals surface area contributed by atoms with E-state index in [-0.39, 0.29) is 12.1 Å². The fourth-order valence-corrected chi connectivity index (χ4v) is 3.05. The molecule has 1 aromatic carbocycles. The van der Waals surface area contributed by atoms with E-state index in [4.69, 9.17) is 0 Å². The summed E-state index contributed by atoms with van der Waals surface area (Å²) in [6.07, 6.45) is -6.08. The van der Waals surface area contributed by atoms with Crippen molar-refractivity contribution in [3.8, 4) is 0 Å². The molecule has 2 aromatic heterocycles. The lowest BCUT2D eigenvalue weighted by atomic mass is 10.1. The van der Waals surface area contributed by atoms with E-state index < -0.39 is 23.6 Å². The van der Waals surface area contributed by atoms with Gasteiger partial charge in [-0.3, -0.25) is 4.99 Å². The van der Waals surface area contributed by atoms with E-state index in [2.05, 4.69) is 10.1 Å². The molecule has 0 aliphatic carbocycles. The highest BCUT2D eigenvalue weighted by Gasteiger charge is 2.34. The third-order valence-corrected chi connectivity index (χ3v) is 4.40. The van der Waals surface area contributed by atoms with Crippen LogP contribution in [0, 0.1) is 0 Å². The molecule has 0 N–H and O–H groups in total. The summed E-state index contributed by atoms with van der Waals surface area (Å²) in [6.45, 7) is 0.237. The summed E-state index contributed by atoms with van der Waals surface area (Å²) in [5.41, 5.74) is -0.412. The summed E-state index contributed by atoms with van der Waals surface area (Å²) in [7, 11) is 0. The van der Waals surface area contributed by atoms with Crippen molar-refractivity contribution in [3.05, 3.63) is 71.7 Å². The van der Waals surface area contributed by atoms with E-state index in [1.807, 2.05) is 0 Å². The molecule has 10 heteroatoms. The van der Waals surface area contributed by atoms with Crippen molar-refractivity contribution in [3.63, 3.8) is 0 Å². The van der Waals surface area contributed by atoms with E-state index in [1.54, 1.807) is 23.2 Å². The molecule has 3 aromatic rings. The molecule has 0 fully saturated rings. The molecule has 0 atom stereocenters.